The second kappa shape index (κ2) is 7.91. The van der Waals surface area contributed by atoms with Gasteiger partial charge in [0.1, 0.15) is 0 Å². The number of hydrogen-bond donors (Lipinski definition) is 1. The van der Waals surface area contributed by atoms with Gasteiger partial charge in [-0.1, -0.05) is 54.6 Å². The molecule has 0 unspecified atom stereocenters. The standard InChI is InChI=1S/C23H24N2O2/c26-22(16-24-12-10-19-8-4-5-9-21(19)15-24)17-25-13-11-20(14-23(25)27)18-6-2-1-3-7-18/h1-9,11,13-14,22,26H,10,12,15-17H2/t22-/m0/s1. The number of hydrogen-bond acceptors (Lipinski definition) is 3. The van der Waals surface area contributed by atoms with Crippen molar-refractivity contribution in [2.75, 3.05) is 13.1 Å². The summed E-state index contributed by atoms with van der Waals surface area (Å²) in [5.41, 5.74) is 4.57. The Labute approximate surface area is 159 Å². The Hall–Kier alpha value is -2.69. The third-order valence-corrected chi connectivity index (χ3v) is 5.19. The molecule has 27 heavy (non-hydrogen) atoms. The summed E-state index contributed by atoms with van der Waals surface area (Å²) in [5.74, 6) is 0. The molecular weight excluding hydrogens is 336 g/mol. The van der Waals surface area contributed by atoms with Crippen molar-refractivity contribution in [3.63, 3.8) is 0 Å². The first kappa shape index (κ1) is 17.7. The van der Waals surface area contributed by atoms with Crippen molar-refractivity contribution < 1.29 is 5.11 Å². The Bertz CT molecular complexity index is 965. The molecule has 0 spiro atoms. The number of β-amino-alcohol motifs (C(OH)–C–C–N with tert-alkyl or cyclic N) is 1. The summed E-state index contributed by atoms with van der Waals surface area (Å²) in [7, 11) is 0. The molecule has 4 nitrogen and oxygen atoms in total. The van der Waals surface area contributed by atoms with E-state index in [9.17, 15) is 9.90 Å². The van der Waals surface area contributed by atoms with Crippen molar-refractivity contribution >= 4 is 0 Å². The molecule has 0 saturated heterocycles. The van der Waals surface area contributed by atoms with Crippen LogP contribution in [0, 0.1) is 0 Å². The van der Waals surface area contributed by atoms with E-state index in [0.29, 0.717) is 13.1 Å². The van der Waals surface area contributed by atoms with Gasteiger partial charge in [0.25, 0.3) is 5.56 Å². The normalized spacial score (nSPS) is 15.3. The van der Waals surface area contributed by atoms with Gasteiger partial charge in [-0.25, -0.2) is 0 Å². The second-order valence-corrected chi connectivity index (χ2v) is 7.18. The molecule has 3 aromatic rings. The molecule has 0 aliphatic carbocycles. The highest BCUT2D eigenvalue weighted by Crippen LogP contribution is 2.19. The quantitative estimate of drug-likeness (QED) is 0.761. The monoisotopic (exact) mass is 360 g/mol. The van der Waals surface area contributed by atoms with E-state index < -0.39 is 6.10 Å². The van der Waals surface area contributed by atoms with Gasteiger partial charge >= 0.3 is 0 Å². The van der Waals surface area contributed by atoms with Crippen LogP contribution in [0.2, 0.25) is 0 Å². The lowest BCUT2D eigenvalue weighted by Crippen LogP contribution is -2.39. The van der Waals surface area contributed by atoms with E-state index in [-0.39, 0.29) is 5.56 Å². The van der Waals surface area contributed by atoms with Crippen molar-refractivity contribution in [2.24, 2.45) is 0 Å². The summed E-state index contributed by atoms with van der Waals surface area (Å²) in [4.78, 5) is 14.7. The van der Waals surface area contributed by atoms with Crippen molar-refractivity contribution in [1.29, 1.82) is 0 Å². The zero-order chi connectivity index (χ0) is 18.6. The van der Waals surface area contributed by atoms with Crippen LogP contribution in [-0.4, -0.2) is 33.8 Å². The Kier molecular flexibility index (Phi) is 5.19. The summed E-state index contributed by atoms with van der Waals surface area (Å²) >= 11 is 0. The highest BCUT2D eigenvalue weighted by atomic mass is 16.3. The number of aliphatic hydroxyl groups excluding tert-OH is 1. The molecule has 4 rings (SSSR count). The largest absolute Gasteiger partial charge is 0.390 e. The summed E-state index contributed by atoms with van der Waals surface area (Å²) in [5, 5.41) is 10.5. The molecule has 1 aliphatic rings. The van der Waals surface area contributed by atoms with Gasteiger partial charge in [-0.15, -0.1) is 0 Å². The predicted molar refractivity (Wildman–Crippen MR) is 108 cm³/mol. The smallest absolute Gasteiger partial charge is 0.251 e. The third kappa shape index (κ3) is 4.18. The minimum atomic E-state index is -0.574. The Morgan fingerprint density at radius 3 is 2.41 bits per heavy atom. The fourth-order valence-corrected chi connectivity index (χ4v) is 3.76. The van der Waals surface area contributed by atoms with Crippen LogP contribution in [0.5, 0.6) is 0 Å². The van der Waals surface area contributed by atoms with Crippen LogP contribution in [-0.2, 0) is 19.5 Å². The van der Waals surface area contributed by atoms with Crippen LogP contribution in [0.3, 0.4) is 0 Å². The summed E-state index contributed by atoms with van der Waals surface area (Å²) in [6, 6.07) is 21.9. The van der Waals surface area contributed by atoms with Crippen LogP contribution < -0.4 is 5.56 Å². The van der Waals surface area contributed by atoms with Gasteiger partial charge in [0.2, 0.25) is 0 Å². The first-order valence-electron chi connectivity index (χ1n) is 9.42. The van der Waals surface area contributed by atoms with E-state index in [4.69, 9.17) is 0 Å². The molecule has 1 N–H and O–H groups in total. The molecule has 1 aromatic heterocycles. The number of fused-ring (bicyclic) bond motifs is 1. The Balaban J connectivity index is 1.40. The first-order valence-corrected chi connectivity index (χ1v) is 9.42. The maximum Gasteiger partial charge on any atom is 0.251 e. The fraction of sp³-hybridized carbons (Fsp3) is 0.261. The molecule has 1 atom stereocenters. The number of benzene rings is 2. The minimum Gasteiger partial charge on any atom is -0.390 e. The molecule has 0 amide bonds. The molecule has 2 heterocycles. The number of aromatic nitrogens is 1. The SMILES string of the molecule is O=c1cc(-c2ccccc2)ccn1C[C@@H](O)CN1CCc2ccccc2C1. The van der Waals surface area contributed by atoms with E-state index in [1.165, 1.54) is 11.1 Å². The second-order valence-electron chi connectivity index (χ2n) is 7.18. The molecule has 4 heteroatoms. The molecular formula is C23H24N2O2. The summed E-state index contributed by atoms with van der Waals surface area (Å²) < 4.78 is 1.59. The maximum atomic E-state index is 12.4. The van der Waals surface area contributed by atoms with E-state index in [1.807, 2.05) is 36.4 Å². The van der Waals surface area contributed by atoms with E-state index in [0.717, 1.165) is 30.6 Å². The van der Waals surface area contributed by atoms with Gasteiger partial charge in [0, 0.05) is 31.9 Å². The van der Waals surface area contributed by atoms with Gasteiger partial charge in [-0.2, -0.15) is 0 Å². The van der Waals surface area contributed by atoms with Crippen LogP contribution in [0.15, 0.2) is 77.7 Å². The predicted octanol–water partition coefficient (Wildman–Crippen LogP) is 2.93. The van der Waals surface area contributed by atoms with Crippen molar-refractivity contribution in [1.82, 2.24) is 9.47 Å². The number of rotatable bonds is 5. The minimum absolute atomic E-state index is 0.0839. The number of aliphatic hydroxyl groups is 1. The van der Waals surface area contributed by atoms with Crippen molar-refractivity contribution in [3.05, 3.63) is 94.4 Å². The van der Waals surface area contributed by atoms with Crippen LogP contribution in [0.25, 0.3) is 11.1 Å². The van der Waals surface area contributed by atoms with Crippen molar-refractivity contribution in [2.45, 2.75) is 25.6 Å². The third-order valence-electron chi connectivity index (χ3n) is 5.19. The molecule has 0 saturated carbocycles. The van der Waals surface area contributed by atoms with Gasteiger partial charge in [-0.3, -0.25) is 9.69 Å². The maximum absolute atomic E-state index is 12.4. The van der Waals surface area contributed by atoms with Crippen LogP contribution in [0.4, 0.5) is 0 Å². The first-order chi connectivity index (χ1) is 13.2. The number of pyridine rings is 1. The Morgan fingerprint density at radius 1 is 0.889 bits per heavy atom. The van der Waals surface area contributed by atoms with Gasteiger partial charge in [0.05, 0.1) is 12.6 Å². The fourth-order valence-electron chi connectivity index (χ4n) is 3.76. The van der Waals surface area contributed by atoms with E-state index in [2.05, 4.69) is 29.2 Å². The summed E-state index contributed by atoms with van der Waals surface area (Å²) in [6.45, 7) is 2.68. The topological polar surface area (TPSA) is 45.5 Å². The lowest BCUT2D eigenvalue weighted by Gasteiger charge is -2.30. The average Bonchev–Trinajstić information content (AvgIpc) is 2.70. The summed E-state index contributed by atoms with van der Waals surface area (Å²) in [6.07, 6.45) is 2.21. The lowest BCUT2D eigenvalue weighted by molar-refractivity contribution is 0.0910. The molecule has 1 aliphatic heterocycles. The zero-order valence-corrected chi connectivity index (χ0v) is 15.3. The highest BCUT2D eigenvalue weighted by Gasteiger charge is 2.18. The highest BCUT2D eigenvalue weighted by molar-refractivity contribution is 5.62. The van der Waals surface area contributed by atoms with Gasteiger partial charge < -0.3 is 9.67 Å². The van der Waals surface area contributed by atoms with Crippen molar-refractivity contribution in [3.8, 4) is 11.1 Å². The van der Waals surface area contributed by atoms with Crippen LogP contribution >= 0.6 is 0 Å². The van der Waals surface area contributed by atoms with Gasteiger partial charge in [-0.05, 0) is 34.7 Å². The Morgan fingerprint density at radius 2 is 1.63 bits per heavy atom. The average molecular weight is 360 g/mol. The molecule has 2 aromatic carbocycles. The number of nitrogens with zero attached hydrogens (tertiary/aromatic N) is 2. The van der Waals surface area contributed by atoms with E-state index >= 15 is 0 Å². The van der Waals surface area contributed by atoms with Crippen LogP contribution in [0.1, 0.15) is 11.1 Å². The molecule has 0 bridgehead atoms. The molecule has 0 fully saturated rings. The molecule has 138 valence electrons. The zero-order valence-electron chi connectivity index (χ0n) is 15.3. The van der Waals surface area contributed by atoms with Gasteiger partial charge in [0.15, 0.2) is 0 Å². The van der Waals surface area contributed by atoms with E-state index in [1.54, 1.807) is 16.8 Å². The molecule has 0 radical (unpaired) electrons. The lowest BCUT2D eigenvalue weighted by atomic mass is 10.00.